The van der Waals surface area contributed by atoms with Crippen LogP contribution in [0.2, 0.25) is 0 Å². The Morgan fingerprint density at radius 3 is 2.53 bits per heavy atom. The van der Waals surface area contributed by atoms with Gasteiger partial charge in [0.1, 0.15) is 18.1 Å². The van der Waals surface area contributed by atoms with E-state index in [0.717, 1.165) is 0 Å². The normalized spacial score (nSPS) is 26.5. The van der Waals surface area contributed by atoms with Crippen LogP contribution < -0.4 is 5.73 Å². The lowest BCUT2D eigenvalue weighted by Crippen LogP contribution is -2.17. The van der Waals surface area contributed by atoms with Crippen molar-refractivity contribution in [2.75, 3.05) is 12.3 Å². The van der Waals surface area contributed by atoms with Gasteiger partial charge in [0.2, 0.25) is 0 Å². The van der Waals surface area contributed by atoms with Gasteiger partial charge in [-0.1, -0.05) is 6.92 Å². The fraction of sp³-hybridized carbons (Fsp3) is 0.545. The van der Waals surface area contributed by atoms with E-state index in [1.54, 1.807) is 4.57 Å². The number of anilines is 1. The Morgan fingerprint density at radius 2 is 1.87 bits per heavy atom. The molecule has 0 aromatic carbocycles. The fourth-order valence-corrected chi connectivity index (χ4v) is 5.95. The predicted molar refractivity (Wildman–Crippen MR) is 97.2 cm³/mol. The van der Waals surface area contributed by atoms with Crippen LogP contribution in [0.15, 0.2) is 12.7 Å². The highest BCUT2D eigenvalue weighted by Gasteiger charge is 2.42. The van der Waals surface area contributed by atoms with Gasteiger partial charge in [-0.05, 0) is 6.42 Å². The van der Waals surface area contributed by atoms with E-state index in [4.69, 9.17) is 25.2 Å². The molecule has 2 aromatic heterocycles. The van der Waals surface area contributed by atoms with Gasteiger partial charge >= 0.3 is 23.5 Å². The van der Waals surface area contributed by atoms with Gasteiger partial charge in [0.15, 0.2) is 11.5 Å². The van der Waals surface area contributed by atoms with Crippen molar-refractivity contribution in [2.24, 2.45) is 5.92 Å². The minimum atomic E-state index is -5.57. The lowest BCUT2D eigenvalue weighted by molar-refractivity contribution is -0.0290. The summed E-state index contributed by atoms with van der Waals surface area (Å²) >= 11 is 0. The van der Waals surface area contributed by atoms with Crippen LogP contribution in [-0.4, -0.2) is 51.8 Å². The Labute approximate surface area is 168 Å². The highest BCUT2D eigenvalue weighted by atomic mass is 31.3. The number of nitrogen functional groups attached to an aromatic ring is 1. The molecule has 2 aromatic rings. The van der Waals surface area contributed by atoms with Crippen molar-refractivity contribution in [3.63, 3.8) is 0 Å². The number of phosphoric ester groups is 1. The second kappa shape index (κ2) is 8.34. The maximum absolute atomic E-state index is 11.8. The van der Waals surface area contributed by atoms with Gasteiger partial charge in [0.25, 0.3) is 0 Å². The maximum Gasteiger partial charge on any atom is 0.490 e. The first-order chi connectivity index (χ1) is 13.8. The zero-order chi connectivity index (χ0) is 22.3. The summed E-state index contributed by atoms with van der Waals surface area (Å²) in [5.41, 5.74) is 6.56. The molecule has 1 aliphatic heterocycles. The van der Waals surface area contributed by atoms with E-state index in [9.17, 15) is 18.6 Å². The minimum absolute atomic E-state index is 0.117. The molecule has 19 heteroatoms. The Balaban J connectivity index is 1.63. The predicted octanol–water partition coefficient (Wildman–Crippen LogP) is 0.675. The fourth-order valence-electron chi connectivity index (χ4n) is 2.90. The molecule has 3 heterocycles. The summed E-state index contributed by atoms with van der Waals surface area (Å²) in [7, 11) is -16.2. The molecule has 0 radical (unpaired) electrons. The third-order valence-electron chi connectivity index (χ3n) is 3.95. The number of imidazole rings is 1. The zero-order valence-corrected chi connectivity index (χ0v) is 17.8. The Bertz CT molecular complexity index is 1070. The molecule has 168 valence electrons. The third-order valence-corrected chi connectivity index (χ3v) is 7.76. The van der Waals surface area contributed by atoms with Crippen molar-refractivity contribution in [3.05, 3.63) is 12.7 Å². The van der Waals surface area contributed by atoms with Crippen molar-refractivity contribution in [3.8, 4) is 0 Å². The first-order valence-corrected chi connectivity index (χ1v) is 12.7. The molecule has 1 fully saturated rings. The molecule has 6 N–H and O–H groups in total. The van der Waals surface area contributed by atoms with Crippen LogP contribution in [0, 0.1) is 5.92 Å². The van der Waals surface area contributed by atoms with E-state index < -0.39 is 42.4 Å². The summed E-state index contributed by atoms with van der Waals surface area (Å²) in [6.07, 6.45) is 1.79. The minimum Gasteiger partial charge on any atom is -0.382 e. The van der Waals surface area contributed by atoms with Gasteiger partial charge in [-0.15, -0.1) is 0 Å². The van der Waals surface area contributed by atoms with Crippen LogP contribution in [-0.2, 0) is 31.6 Å². The zero-order valence-electron chi connectivity index (χ0n) is 15.2. The first kappa shape index (κ1) is 23.4. The molecule has 5 atom stereocenters. The number of hydrogen-bond acceptors (Lipinski definition) is 11. The molecule has 3 rings (SSSR count). The van der Waals surface area contributed by atoms with Crippen molar-refractivity contribution in [1.82, 2.24) is 19.5 Å². The molecule has 5 unspecified atom stereocenters. The van der Waals surface area contributed by atoms with E-state index in [0.29, 0.717) is 17.6 Å². The first-order valence-electron chi connectivity index (χ1n) is 8.13. The highest BCUT2D eigenvalue weighted by Crippen LogP contribution is 2.66. The summed E-state index contributed by atoms with van der Waals surface area (Å²) in [4.78, 5) is 47.8. The number of nitrogens with zero attached hydrogens (tertiary/aromatic N) is 4. The maximum atomic E-state index is 11.8. The number of rotatable bonds is 8. The van der Waals surface area contributed by atoms with Crippen molar-refractivity contribution < 1.29 is 51.2 Å². The monoisotopic (exact) mass is 489 g/mol. The molecule has 0 saturated carbocycles. The van der Waals surface area contributed by atoms with Crippen molar-refractivity contribution >= 4 is 40.4 Å². The third kappa shape index (κ3) is 5.69. The van der Waals surface area contributed by atoms with E-state index in [1.165, 1.54) is 12.7 Å². The number of hydrogen-bond donors (Lipinski definition) is 5. The number of nitrogens with two attached hydrogens (primary N) is 1. The van der Waals surface area contributed by atoms with Gasteiger partial charge < -0.3 is 30.0 Å². The van der Waals surface area contributed by atoms with Crippen LogP contribution in [0.25, 0.3) is 11.2 Å². The molecule has 0 spiro atoms. The second-order valence-electron chi connectivity index (χ2n) is 6.33. The lowest BCUT2D eigenvalue weighted by Gasteiger charge is -2.19. The largest absolute Gasteiger partial charge is 0.490 e. The average Bonchev–Trinajstić information content (AvgIpc) is 3.13. The van der Waals surface area contributed by atoms with E-state index in [-0.39, 0.29) is 11.7 Å². The van der Waals surface area contributed by atoms with Crippen LogP contribution in [0.4, 0.5) is 5.82 Å². The second-order valence-corrected chi connectivity index (χ2v) is 10.8. The summed E-state index contributed by atoms with van der Waals surface area (Å²) < 4.78 is 53.1. The standard InChI is InChI=1S/C11H18N5O11P3/c1-6-2-7(3-24-29(20,21)27-30(22,23)26-28(17,18)19)25-11(6)16-5-15-8-9(12)13-4-14-10(8)16/h4-7,11H,2-3H2,1H3,(H,20,21)(H,22,23)(H2,12,13,14)(H2,17,18,19). The molecular formula is C11H18N5O11P3. The van der Waals surface area contributed by atoms with Crippen LogP contribution in [0.5, 0.6) is 0 Å². The molecular weight excluding hydrogens is 471 g/mol. The average molecular weight is 489 g/mol. The van der Waals surface area contributed by atoms with Crippen LogP contribution in [0.1, 0.15) is 19.6 Å². The van der Waals surface area contributed by atoms with Gasteiger partial charge in [-0.2, -0.15) is 8.62 Å². The van der Waals surface area contributed by atoms with E-state index in [2.05, 4.69) is 28.1 Å². The molecule has 16 nitrogen and oxygen atoms in total. The summed E-state index contributed by atoms with van der Waals surface area (Å²) in [5, 5.41) is 0. The summed E-state index contributed by atoms with van der Waals surface area (Å²) in [6, 6.07) is 0. The topological polar surface area (TPSA) is 239 Å². The molecule has 1 saturated heterocycles. The Hall–Kier alpha value is -1.28. The Kier molecular flexibility index (Phi) is 6.50. The smallest absolute Gasteiger partial charge is 0.382 e. The number of phosphoric acid groups is 3. The lowest BCUT2D eigenvalue weighted by atomic mass is 10.1. The molecule has 0 aliphatic carbocycles. The van der Waals surface area contributed by atoms with E-state index >= 15 is 0 Å². The van der Waals surface area contributed by atoms with Gasteiger partial charge in [-0.3, -0.25) is 9.09 Å². The summed E-state index contributed by atoms with van der Waals surface area (Å²) in [5.74, 6) is 0.0710. The number of fused-ring (bicyclic) bond motifs is 1. The van der Waals surface area contributed by atoms with Gasteiger partial charge in [-0.25, -0.2) is 28.6 Å². The van der Waals surface area contributed by atoms with Crippen LogP contribution >= 0.6 is 23.5 Å². The van der Waals surface area contributed by atoms with Crippen molar-refractivity contribution in [2.45, 2.75) is 25.7 Å². The number of aromatic nitrogens is 4. The Morgan fingerprint density at radius 1 is 1.17 bits per heavy atom. The molecule has 30 heavy (non-hydrogen) atoms. The van der Waals surface area contributed by atoms with Gasteiger partial charge in [0, 0.05) is 5.92 Å². The molecule has 0 bridgehead atoms. The van der Waals surface area contributed by atoms with Gasteiger partial charge in [0.05, 0.1) is 19.0 Å². The van der Waals surface area contributed by atoms with E-state index in [1.807, 2.05) is 6.92 Å². The highest BCUT2D eigenvalue weighted by molar-refractivity contribution is 7.66. The van der Waals surface area contributed by atoms with Crippen molar-refractivity contribution in [1.29, 1.82) is 0 Å². The summed E-state index contributed by atoms with van der Waals surface area (Å²) in [6.45, 7) is 1.31. The molecule has 1 aliphatic rings. The quantitative estimate of drug-likeness (QED) is 0.320. The number of ether oxygens (including phenoxy) is 1. The molecule has 0 amide bonds. The van der Waals surface area contributed by atoms with Crippen LogP contribution in [0.3, 0.4) is 0 Å². The SMILES string of the molecule is CC1CC(COP(=O)(O)OP(=O)(O)OP(=O)(O)O)OC1n1cnc2c(N)ncnc21.